The highest BCUT2D eigenvalue weighted by Gasteiger charge is 2.19. The monoisotopic (exact) mass is 431 g/mol. The fourth-order valence-corrected chi connectivity index (χ4v) is 3.52. The van der Waals surface area contributed by atoms with Gasteiger partial charge in [0.2, 0.25) is 0 Å². The van der Waals surface area contributed by atoms with Gasteiger partial charge in [0.15, 0.2) is 11.0 Å². The van der Waals surface area contributed by atoms with E-state index in [-0.39, 0.29) is 17.6 Å². The Morgan fingerprint density at radius 2 is 1.69 bits per heavy atom. The number of hydrogen-bond acceptors (Lipinski definition) is 6. The summed E-state index contributed by atoms with van der Waals surface area (Å²) in [5.41, 5.74) is 0.850. The number of carbonyl (C=O) groups excluding carboxylic acids is 1. The van der Waals surface area contributed by atoms with E-state index in [9.17, 15) is 4.79 Å². The molecule has 0 bridgehead atoms. The minimum Gasteiger partial charge on any atom is -0.494 e. The number of nitrogens with zero attached hydrogens (tertiary/aromatic N) is 3. The van der Waals surface area contributed by atoms with E-state index in [2.05, 4.69) is 10.2 Å². The summed E-state index contributed by atoms with van der Waals surface area (Å²) in [5, 5.41) is 9.60. The maximum absolute atomic E-state index is 11.7. The van der Waals surface area contributed by atoms with Crippen LogP contribution < -0.4 is 9.47 Å². The van der Waals surface area contributed by atoms with E-state index >= 15 is 0 Å². The van der Waals surface area contributed by atoms with Crippen LogP contribution in [0.2, 0.25) is 5.02 Å². The lowest BCUT2D eigenvalue weighted by Crippen LogP contribution is -2.11. The molecule has 1 aromatic heterocycles. The Morgan fingerprint density at radius 3 is 2.28 bits per heavy atom. The number of ether oxygens (including phenoxy) is 2. The largest absolute Gasteiger partial charge is 0.494 e. The van der Waals surface area contributed by atoms with Gasteiger partial charge in [-0.3, -0.25) is 9.36 Å². The second-order valence-electron chi connectivity index (χ2n) is 6.27. The highest BCUT2D eigenvalue weighted by atomic mass is 35.5. The average Bonchev–Trinajstić information content (AvgIpc) is 3.10. The van der Waals surface area contributed by atoms with Gasteiger partial charge in [-0.15, -0.1) is 10.2 Å². The second kappa shape index (κ2) is 9.80. The summed E-state index contributed by atoms with van der Waals surface area (Å²) in [6.45, 7) is 6.19. The molecule has 0 aliphatic heterocycles. The fraction of sp³-hybridized carbons (Fsp3) is 0.286. The van der Waals surface area contributed by atoms with Crippen molar-refractivity contribution in [3.8, 4) is 17.2 Å². The van der Waals surface area contributed by atoms with Crippen LogP contribution in [0.5, 0.6) is 11.5 Å². The van der Waals surface area contributed by atoms with E-state index in [0.717, 1.165) is 11.4 Å². The molecule has 0 fully saturated rings. The molecule has 2 aromatic carbocycles. The maximum atomic E-state index is 11.7. The number of Topliss-reactive ketones (excluding diaryl/α,β-unsaturated/α-hetero) is 1. The van der Waals surface area contributed by atoms with Crippen LogP contribution in [0.15, 0.2) is 53.7 Å². The zero-order valence-electron chi connectivity index (χ0n) is 16.5. The molecule has 1 unspecified atom stereocenters. The highest BCUT2D eigenvalue weighted by Crippen LogP contribution is 2.27. The van der Waals surface area contributed by atoms with Gasteiger partial charge >= 0.3 is 0 Å². The third kappa shape index (κ3) is 5.52. The Morgan fingerprint density at radius 1 is 1.07 bits per heavy atom. The molecule has 6 nitrogen and oxygen atoms in total. The van der Waals surface area contributed by atoms with Crippen LogP contribution in [0.3, 0.4) is 0 Å². The molecule has 0 spiro atoms. The van der Waals surface area contributed by atoms with Crippen molar-refractivity contribution >= 4 is 29.1 Å². The molecule has 29 heavy (non-hydrogen) atoms. The van der Waals surface area contributed by atoms with Crippen molar-refractivity contribution in [1.82, 2.24) is 14.8 Å². The number of benzene rings is 2. The van der Waals surface area contributed by atoms with Crippen molar-refractivity contribution in [1.29, 1.82) is 0 Å². The van der Waals surface area contributed by atoms with Gasteiger partial charge in [0, 0.05) is 10.7 Å². The highest BCUT2D eigenvalue weighted by molar-refractivity contribution is 8.00. The van der Waals surface area contributed by atoms with Crippen LogP contribution in [0.25, 0.3) is 5.69 Å². The smallest absolute Gasteiger partial charge is 0.196 e. The molecule has 1 heterocycles. The van der Waals surface area contributed by atoms with Gasteiger partial charge in [-0.25, -0.2) is 0 Å². The second-order valence-corrected chi connectivity index (χ2v) is 8.02. The molecule has 0 saturated heterocycles. The standard InChI is InChI=1S/C21H22ClN3O3S/c1-4-27-18-9-11-19(12-10-18)28-13-20-23-24-21(29-15(3)14(2)26)25(20)17-7-5-16(22)6-8-17/h5-12,15H,4,13H2,1-3H3. The predicted octanol–water partition coefficient (Wildman–Crippen LogP) is 4.97. The summed E-state index contributed by atoms with van der Waals surface area (Å²) in [6, 6.07) is 14.8. The Labute approximate surface area is 179 Å². The van der Waals surface area contributed by atoms with Gasteiger partial charge in [-0.1, -0.05) is 23.4 Å². The van der Waals surface area contributed by atoms with Crippen LogP contribution in [0.1, 0.15) is 26.6 Å². The van der Waals surface area contributed by atoms with Gasteiger partial charge in [0.1, 0.15) is 23.9 Å². The molecule has 0 amide bonds. The topological polar surface area (TPSA) is 66.2 Å². The predicted molar refractivity (Wildman–Crippen MR) is 114 cm³/mol. The molecule has 0 saturated carbocycles. The van der Waals surface area contributed by atoms with E-state index in [1.165, 1.54) is 11.8 Å². The zero-order chi connectivity index (χ0) is 20.8. The molecule has 1 atom stereocenters. The van der Waals surface area contributed by atoms with Crippen LogP contribution in [0.4, 0.5) is 0 Å². The van der Waals surface area contributed by atoms with Crippen LogP contribution >= 0.6 is 23.4 Å². The van der Waals surface area contributed by atoms with Crippen molar-refractivity contribution < 1.29 is 14.3 Å². The Balaban J connectivity index is 1.84. The summed E-state index contributed by atoms with van der Waals surface area (Å²) in [4.78, 5) is 11.7. The summed E-state index contributed by atoms with van der Waals surface area (Å²) < 4.78 is 13.2. The molecule has 3 rings (SSSR count). The summed E-state index contributed by atoms with van der Waals surface area (Å²) in [6.07, 6.45) is 0. The van der Waals surface area contributed by atoms with E-state index in [0.29, 0.717) is 28.4 Å². The number of ketones is 1. The normalized spacial score (nSPS) is 11.9. The molecule has 0 aliphatic carbocycles. The Bertz CT molecular complexity index is 958. The first kappa shape index (κ1) is 21.2. The lowest BCUT2D eigenvalue weighted by molar-refractivity contribution is -0.116. The molecule has 8 heteroatoms. The zero-order valence-corrected chi connectivity index (χ0v) is 18.0. The third-order valence-electron chi connectivity index (χ3n) is 4.14. The van der Waals surface area contributed by atoms with E-state index < -0.39 is 0 Å². The average molecular weight is 432 g/mol. The van der Waals surface area contributed by atoms with Gasteiger partial charge in [0.05, 0.1) is 11.9 Å². The number of thioether (sulfide) groups is 1. The van der Waals surface area contributed by atoms with Gasteiger partial charge in [0.25, 0.3) is 0 Å². The van der Waals surface area contributed by atoms with Crippen LogP contribution in [-0.2, 0) is 11.4 Å². The van der Waals surface area contributed by atoms with Crippen molar-refractivity contribution in [3.05, 3.63) is 59.4 Å². The quantitative estimate of drug-likeness (QED) is 0.446. The minimum atomic E-state index is -0.231. The molecule has 3 aromatic rings. The Kier molecular flexibility index (Phi) is 7.17. The number of halogens is 1. The molecular formula is C21H22ClN3O3S. The Hall–Kier alpha value is -2.51. The summed E-state index contributed by atoms with van der Waals surface area (Å²) in [5.74, 6) is 2.19. The van der Waals surface area contributed by atoms with Crippen molar-refractivity contribution in [3.63, 3.8) is 0 Å². The van der Waals surface area contributed by atoms with Crippen LogP contribution in [-0.4, -0.2) is 32.4 Å². The van der Waals surface area contributed by atoms with Gasteiger partial charge in [-0.05, 0) is 69.3 Å². The van der Waals surface area contributed by atoms with Crippen LogP contribution in [0, 0.1) is 0 Å². The molecule has 0 aliphatic rings. The third-order valence-corrected chi connectivity index (χ3v) is 5.56. The fourth-order valence-electron chi connectivity index (χ4n) is 2.51. The first-order valence-corrected chi connectivity index (χ1v) is 10.5. The first-order valence-electron chi connectivity index (χ1n) is 9.21. The van der Waals surface area contributed by atoms with E-state index in [1.54, 1.807) is 19.1 Å². The number of carbonyl (C=O) groups is 1. The van der Waals surface area contributed by atoms with Crippen molar-refractivity contribution in [2.45, 2.75) is 37.8 Å². The summed E-state index contributed by atoms with van der Waals surface area (Å²) in [7, 11) is 0. The first-order chi connectivity index (χ1) is 14.0. The van der Waals surface area contributed by atoms with Crippen molar-refractivity contribution in [2.75, 3.05) is 6.61 Å². The van der Waals surface area contributed by atoms with Gasteiger partial charge < -0.3 is 9.47 Å². The number of hydrogen-bond donors (Lipinski definition) is 0. The molecular weight excluding hydrogens is 410 g/mol. The minimum absolute atomic E-state index is 0.0767. The SMILES string of the molecule is CCOc1ccc(OCc2nnc(SC(C)C(C)=O)n2-c2ccc(Cl)cc2)cc1. The maximum Gasteiger partial charge on any atom is 0.196 e. The number of aromatic nitrogens is 3. The van der Waals surface area contributed by atoms with E-state index in [4.69, 9.17) is 21.1 Å². The molecule has 0 radical (unpaired) electrons. The number of rotatable bonds is 9. The summed E-state index contributed by atoms with van der Waals surface area (Å²) >= 11 is 7.39. The lowest BCUT2D eigenvalue weighted by Gasteiger charge is -2.13. The molecule has 152 valence electrons. The van der Waals surface area contributed by atoms with Gasteiger partial charge in [-0.2, -0.15) is 0 Å². The van der Waals surface area contributed by atoms with E-state index in [1.807, 2.05) is 54.8 Å². The molecule has 0 N–H and O–H groups in total. The lowest BCUT2D eigenvalue weighted by atomic mass is 10.3. The van der Waals surface area contributed by atoms with Crippen molar-refractivity contribution in [2.24, 2.45) is 0 Å².